The maximum absolute atomic E-state index is 10.2. The summed E-state index contributed by atoms with van der Waals surface area (Å²) in [7, 11) is 1.93. The highest BCUT2D eigenvalue weighted by molar-refractivity contribution is 9.10. The smallest absolute Gasteiger partial charge is 0.0766 e. The molecule has 92 valence electrons. The Morgan fingerprint density at radius 2 is 2.06 bits per heavy atom. The topological polar surface area (TPSA) is 38.1 Å². The van der Waals surface area contributed by atoms with Crippen LogP contribution in [0.4, 0.5) is 0 Å². The zero-order chi connectivity index (χ0) is 12.3. The average molecular weight is 289 g/mol. The number of rotatable bonds is 5. The van der Waals surface area contributed by atoms with Crippen LogP contribution in [0.1, 0.15) is 45.0 Å². The molecule has 1 unspecified atom stereocenters. The molecule has 1 aromatic rings. The van der Waals surface area contributed by atoms with Gasteiger partial charge in [-0.2, -0.15) is 5.10 Å². The first-order valence-corrected chi connectivity index (χ1v) is 6.63. The van der Waals surface area contributed by atoms with Gasteiger partial charge in [0, 0.05) is 13.5 Å². The molecule has 0 aromatic carbocycles. The molecule has 1 heterocycles. The van der Waals surface area contributed by atoms with E-state index in [9.17, 15) is 5.11 Å². The fourth-order valence-corrected chi connectivity index (χ4v) is 2.76. The van der Waals surface area contributed by atoms with Crippen molar-refractivity contribution in [2.24, 2.45) is 7.05 Å². The first kappa shape index (κ1) is 13.7. The highest BCUT2D eigenvalue weighted by Crippen LogP contribution is 2.27. The Balaban J connectivity index is 2.92. The minimum absolute atomic E-state index is 0.643. The molecule has 0 aliphatic heterocycles. The molecule has 1 aromatic heterocycles. The lowest BCUT2D eigenvalue weighted by atomic mass is 9.94. The molecule has 3 nitrogen and oxygen atoms in total. The van der Waals surface area contributed by atoms with Gasteiger partial charge in [0.05, 0.1) is 21.5 Å². The monoisotopic (exact) mass is 288 g/mol. The van der Waals surface area contributed by atoms with Crippen LogP contribution in [0.2, 0.25) is 0 Å². The lowest BCUT2D eigenvalue weighted by molar-refractivity contribution is 0.0485. The van der Waals surface area contributed by atoms with Gasteiger partial charge < -0.3 is 5.11 Å². The molecule has 0 amide bonds. The van der Waals surface area contributed by atoms with Gasteiger partial charge in [-0.05, 0) is 35.7 Å². The molecule has 4 heteroatoms. The van der Waals surface area contributed by atoms with Gasteiger partial charge in [-0.1, -0.05) is 20.3 Å². The molecule has 0 saturated carbocycles. The highest BCUT2D eigenvalue weighted by Gasteiger charge is 2.24. The second-order valence-electron chi connectivity index (χ2n) is 4.61. The lowest BCUT2D eigenvalue weighted by Gasteiger charge is -2.22. The van der Waals surface area contributed by atoms with Crippen molar-refractivity contribution >= 4 is 15.9 Å². The predicted octanol–water partition coefficient (Wildman–Crippen LogP) is 2.84. The quantitative estimate of drug-likeness (QED) is 0.905. The molecule has 0 aliphatic rings. The number of hydrogen-bond donors (Lipinski definition) is 1. The standard InChI is InChI=1S/C12H21BrN2O/c1-5-7-12(3,16)8-10-11(13)9(6-2)14-15(10)4/h16H,5-8H2,1-4H3. The molecular formula is C12H21BrN2O. The van der Waals surface area contributed by atoms with E-state index in [-0.39, 0.29) is 0 Å². The summed E-state index contributed by atoms with van der Waals surface area (Å²) < 4.78 is 2.92. The van der Waals surface area contributed by atoms with Crippen LogP contribution in [0, 0.1) is 0 Å². The lowest BCUT2D eigenvalue weighted by Crippen LogP contribution is -2.28. The zero-order valence-electron chi connectivity index (χ0n) is 10.5. The molecular weight excluding hydrogens is 268 g/mol. The Bertz CT molecular complexity index is 358. The number of aromatic nitrogens is 2. The van der Waals surface area contributed by atoms with Crippen LogP contribution in [0.25, 0.3) is 0 Å². The Hall–Kier alpha value is -0.350. The summed E-state index contributed by atoms with van der Waals surface area (Å²) in [6.07, 6.45) is 3.35. The van der Waals surface area contributed by atoms with E-state index in [4.69, 9.17) is 0 Å². The number of aliphatic hydroxyl groups is 1. The first-order chi connectivity index (χ1) is 7.41. The molecule has 1 N–H and O–H groups in total. The second-order valence-corrected chi connectivity index (χ2v) is 5.40. The molecule has 0 saturated heterocycles. The minimum atomic E-state index is -0.643. The van der Waals surface area contributed by atoms with Crippen molar-refractivity contribution in [3.63, 3.8) is 0 Å². The van der Waals surface area contributed by atoms with E-state index in [0.717, 1.165) is 35.1 Å². The SMILES string of the molecule is CCCC(C)(O)Cc1c(Br)c(CC)nn1C. The van der Waals surface area contributed by atoms with E-state index in [0.29, 0.717) is 6.42 Å². The van der Waals surface area contributed by atoms with Crippen molar-refractivity contribution in [2.45, 2.75) is 52.1 Å². The van der Waals surface area contributed by atoms with Gasteiger partial charge in [-0.3, -0.25) is 4.68 Å². The molecule has 1 rings (SSSR count). The Labute approximate surface area is 106 Å². The molecule has 0 fully saturated rings. The highest BCUT2D eigenvalue weighted by atomic mass is 79.9. The van der Waals surface area contributed by atoms with E-state index in [2.05, 4.69) is 34.9 Å². The average Bonchev–Trinajstić information content (AvgIpc) is 2.45. The number of halogens is 1. The number of aryl methyl sites for hydroxylation is 2. The third kappa shape index (κ3) is 3.08. The number of hydrogen-bond acceptors (Lipinski definition) is 2. The largest absolute Gasteiger partial charge is 0.390 e. The molecule has 16 heavy (non-hydrogen) atoms. The van der Waals surface area contributed by atoms with Crippen LogP contribution in [-0.4, -0.2) is 20.5 Å². The van der Waals surface area contributed by atoms with E-state index in [1.165, 1.54) is 0 Å². The van der Waals surface area contributed by atoms with Gasteiger partial charge in [0.25, 0.3) is 0 Å². The maximum atomic E-state index is 10.2. The van der Waals surface area contributed by atoms with Crippen LogP contribution < -0.4 is 0 Å². The van der Waals surface area contributed by atoms with E-state index in [1.807, 2.05) is 18.7 Å². The molecule has 0 spiro atoms. The Kier molecular flexibility index (Phi) is 4.56. The normalized spacial score (nSPS) is 15.1. The summed E-state index contributed by atoms with van der Waals surface area (Å²) in [5, 5.41) is 14.7. The van der Waals surface area contributed by atoms with Crippen LogP contribution in [0.5, 0.6) is 0 Å². The van der Waals surface area contributed by atoms with Gasteiger partial charge in [0.1, 0.15) is 0 Å². The summed E-state index contributed by atoms with van der Waals surface area (Å²) >= 11 is 3.57. The van der Waals surface area contributed by atoms with Gasteiger partial charge >= 0.3 is 0 Å². The summed E-state index contributed by atoms with van der Waals surface area (Å²) in [5.41, 5.74) is 1.50. The maximum Gasteiger partial charge on any atom is 0.0766 e. The summed E-state index contributed by atoms with van der Waals surface area (Å²) in [6, 6.07) is 0. The van der Waals surface area contributed by atoms with Crippen LogP contribution in [0.15, 0.2) is 4.47 Å². The first-order valence-electron chi connectivity index (χ1n) is 5.84. The zero-order valence-corrected chi connectivity index (χ0v) is 12.1. The van der Waals surface area contributed by atoms with Crippen molar-refractivity contribution in [3.8, 4) is 0 Å². The summed E-state index contributed by atoms with van der Waals surface area (Å²) in [4.78, 5) is 0. The number of nitrogens with zero attached hydrogens (tertiary/aromatic N) is 2. The van der Waals surface area contributed by atoms with Gasteiger partial charge in [0.2, 0.25) is 0 Å². The van der Waals surface area contributed by atoms with Gasteiger partial charge in [-0.15, -0.1) is 0 Å². The van der Waals surface area contributed by atoms with Crippen molar-refractivity contribution in [1.82, 2.24) is 9.78 Å². The predicted molar refractivity (Wildman–Crippen MR) is 69.5 cm³/mol. The summed E-state index contributed by atoms with van der Waals surface area (Å²) in [6.45, 7) is 6.06. The third-order valence-electron chi connectivity index (χ3n) is 2.84. The Morgan fingerprint density at radius 1 is 1.44 bits per heavy atom. The van der Waals surface area contributed by atoms with Crippen molar-refractivity contribution in [3.05, 3.63) is 15.9 Å². The molecule has 1 atom stereocenters. The van der Waals surface area contributed by atoms with Gasteiger partial charge in [0.15, 0.2) is 0 Å². The van der Waals surface area contributed by atoms with Crippen molar-refractivity contribution in [1.29, 1.82) is 0 Å². The molecule has 0 bridgehead atoms. The van der Waals surface area contributed by atoms with Crippen molar-refractivity contribution < 1.29 is 5.11 Å². The third-order valence-corrected chi connectivity index (χ3v) is 3.76. The Morgan fingerprint density at radius 3 is 2.50 bits per heavy atom. The van der Waals surface area contributed by atoms with Crippen LogP contribution in [-0.2, 0) is 19.9 Å². The fourth-order valence-electron chi connectivity index (χ4n) is 2.00. The van der Waals surface area contributed by atoms with E-state index in [1.54, 1.807) is 0 Å². The van der Waals surface area contributed by atoms with Gasteiger partial charge in [-0.25, -0.2) is 0 Å². The fraction of sp³-hybridized carbons (Fsp3) is 0.750. The summed E-state index contributed by atoms with van der Waals surface area (Å²) in [5.74, 6) is 0. The van der Waals surface area contributed by atoms with E-state index < -0.39 is 5.60 Å². The van der Waals surface area contributed by atoms with Crippen molar-refractivity contribution in [2.75, 3.05) is 0 Å². The minimum Gasteiger partial charge on any atom is -0.390 e. The van der Waals surface area contributed by atoms with Crippen LogP contribution >= 0.6 is 15.9 Å². The second kappa shape index (κ2) is 5.32. The van der Waals surface area contributed by atoms with E-state index >= 15 is 0 Å². The molecule has 0 aliphatic carbocycles. The van der Waals surface area contributed by atoms with Crippen LogP contribution in [0.3, 0.4) is 0 Å². The molecule has 0 radical (unpaired) electrons.